The summed E-state index contributed by atoms with van der Waals surface area (Å²) in [5.74, 6) is 1.53. The molecule has 0 unspecified atom stereocenters. The number of likely N-dealkylation sites (tertiary alicyclic amines) is 1. The molecule has 0 radical (unpaired) electrons. The van der Waals surface area contributed by atoms with Crippen LogP contribution in [0.25, 0.3) is 5.65 Å². The quantitative estimate of drug-likeness (QED) is 0.697. The molecule has 0 saturated carbocycles. The number of piperidine rings is 1. The summed E-state index contributed by atoms with van der Waals surface area (Å²) in [7, 11) is 0. The number of nitrogens with zero attached hydrogens (tertiary/aromatic N) is 5. The largest absolute Gasteiger partial charge is 0.465 e. The van der Waals surface area contributed by atoms with Gasteiger partial charge in [-0.05, 0) is 31.6 Å². The average Bonchev–Trinajstić information content (AvgIpc) is 3.14. The van der Waals surface area contributed by atoms with Crippen molar-refractivity contribution in [1.29, 1.82) is 0 Å². The molecule has 2 aliphatic heterocycles. The van der Waals surface area contributed by atoms with Crippen LogP contribution in [0, 0.1) is 0 Å². The van der Waals surface area contributed by atoms with Gasteiger partial charge in [-0.1, -0.05) is 13.8 Å². The molecule has 4 heterocycles. The van der Waals surface area contributed by atoms with Gasteiger partial charge in [-0.25, -0.2) is 4.79 Å². The smallest absolute Gasteiger partial charge is 0.407 e. The lowest BCUT2D eigenvalue weighted by Crippen LogP contribution is -2.42. The molecule has 10 nitrogen and oxygen atoms in total. The Morgan fingerprint density at radius 3 is 2.48 bits per heavy atom. The highest BCUT2D eigenvalue weighted by atomic mass is 16.5. The normalized spacial score (nSPS) is 19.1. The molecule has 0 aliphatic carbocycles. The Morgan fingerprint density at radius 2 is 1.83 bits per heavy atom. The molecule has 3 N–H and O–H groups in total. The third-order valence-corrected chi connectivity index (χ3v) is 5.67. The molecule has 2 aromatic rings. The Morgan fingerprint density at radius 1 is 1.14 bits per heavy atom. The second kappa shape index (κ2) is 8.40. The van der Waals surface area contributed by atoms with Crippen LogP contribution in [0.5, 0.6) is 0 Å². The standard InChI is InChI=1S/C19H29N7O3/c1-12(2)15-11-20-26-16(15)23-17(21-14-5-9-29-10-6-14)24-18(26)22-13-3-7-25(8-4-13)19(27)28/h11-14H,3-10H2,1-2H3,(H,27,28)(H2,21,22,23,24). The summed E-state index contributed by atoms with van der Waals surface area (Å²) in [6, 6.07) is 0.439. The van der Waals surface area contributed by atoms with Crippen molar-refractivity contribution in [1.82, 2.24) is 24.5 Å². The predicted molar refractivity (Wildman–Crippen MR) is 109 cm³/mol. The highest BCUT2D eigenvalue weighted by Crippen LogP contribution is 2.24. The zero-order valence-electron chi connectivity index (χ0n) is 17.0. The lowest BCUT2D eigenvalue weighted by atomic mass is 10.1. The van der Waals surface area contributed by atoms with Crippen molar-refractivity contribution >= 4 is 23.6 Å². The van der Waals surface area contributed by atoms with Gasteiger partial charge in [0.25, 0.3) is 0 Å². The van der Waals surface area contributed by atoms with Crippen LogP contribution in [0.15, 0.2) is 6.20 Å². The van der Waals surface area contributed by atoms with Crippen molar-refractivity contribution in [3.63, 3.8) is 0 Å². The van der Waals surface area contributed by atoms with E-state index >= 15 is 0 Å². The Balaban J connectivity index is 1.58. The van der Waals surface area contributed by atoms with E-state index in [2.05, 4.69) is 29.6 Å². The Bertz CT molecular complexity index is 855. The third-order valence-electron chi connectivity index (χ3n) is 5.67. The van der Waals surface area contributed by atoms with Gasteiger partial charge in [0.1, 0.15) is 0 Å². The molecule has 158 valence electrons. The summed E-state index contributed by atoms with van der Waals surface area (Å²) in [4.78, 5) is 22.1. The molecule has 4 rings (SSSR count). The molecule has 0 atom stereocenters. The zero-order chi connectivity index (χ0) is 20.4. The molecule has 29 heavy (non-hydrogen) atoms. The zero-order valence-corrected chi connectivity index (χ0v) is 17.0. The number of ether oxygens (including phenoxy) is 1. The number of nitrogens with one attached hydrogen (secondary N) is 2. The number of fused-ring (bicyclic) bond motifs is 1. The van der Waals surface area contributed by atoms with Gasteiger partial charge in [-0.2, -0.15) is 19.6 Å². The van der Waals surface area contributed by atoms with Crippen molar-refractivity contribution in [3.05, 3.63) is 11.8 Å². The Hall–Kier alpha value is -2.62. The number of hydrogen-bond acceptors (Lipinski definition) is 7. The lowest BCUT2D eigenvalue weighted by molar-refractivity contribution is 0.0903. The van der Waals surface area contributed by atoms with E-state index in [4.69, 9.17) is 19.8 Å². The molecule has 10 heteroatoms. The molecule has 2 aromatic heterocycles. The summed E-state index contributed by atoms with van der Waals surface area (Å²) in [5.41, 5.74) is 1.88. The molecule has 1 amide bonds. The number of amides is 1. The third kappa shape index (κ3) is 4.36. The second-order valence-corrected chi connectivity index (χ2v) is 8.08. The summed E-state index contributed by atoms with van der Waals surface area (Å²) in [6.45, 7) is 6.78. The van der Waals surface area contributed by atoms with Crippen molar-refractivity contribution in [2.45, 2.75) is 57.5 Å². The van der Waals surface area contributed by atoms with E-state index in [0.29, 0.717) is 36.9 Å². The van der Waals surface area contributed by atoms with E-state index in [0.717, 1.165) is 50.1 Å². The average molecular weight is 403 g/mol. The van der Waals surface area contributed by atoms with Crippen molar-refractivity contribution in [2.24, 2.45) is 0 Å². The monoisotopic (exact) mass is 403 g/mol. The molecule has 2 fully saturated rings. The molecule has 0 spiro atoms. The van der Waals surface area contributed by atoms with Crippen molar-refractivity contribution < 1.29 is 14.6 Å². The minimum absolute atomic E-state index is 0.145. The van der Waals surface area contributed by atoms with Crippen LogP contribution in [0.2, 0.25) is 0 Å². The first-order chi connectivity index (χ1) is 14.0. The summed E-state index contributed by atoms with van der Waals surface area (Å²) >= 11 is 0. The summed E-state index contributed by atoms with van der Waals surface area (Å²) in [6.07, 6.45) is 4.33. The van der Waals surface area contributed by atoms with Crippen molar-refractivity contribution in [3.8, 4) is 0 Å². The van der Waals surface area contributed by atoms with Crippen LogP contribution in [0.1, 0.15) is 51.0 Å². The van der Waals surface area contributed by atoms with Crippen LogP contribution in [0.3, 0.4) is 0 Å². The van der Waals surface area contributed by atoms with Gasteiger partial charge in [-0.15, -0.1) is 0 Å². The van der Waals surface area contributed by atoms with Crippen LogP contribution < -0.4 is 10.6 Å². The van der Waals surface area contributed by atoms with Crippen molar-refractivity contribution in [2.75, 3.05) is 36.9 Å². The van der Waals surface area contributed by atoms with Gasteiger partial charge in [-0.3, -0.25) is 0 Å². The van der Waals surface area contributed by atoms with E-state index in [9.17, 15) is 4.79 Å². The van der Waals surface area contributed by atoms with Gasteiger partial charge in [0.15, 0.2) is 5.65 Å². The topological polar surface area (TPSA) is 117 Å². The summed E-state index contributed by atoms with van der Waals surface area (Å²) in [5, 5.41) is 20.6. The van der Waals surface area contributed by atoms with Crippen LogP contribution in [0.4, 0.5) is 16.7 Å². The maximum atomic E-state index is 11.1. The minimum atomic E-state index is -0.857. The maximum absolute atomic E-state index is 11.1. The summed E-state index contributed by atoms with van der Waals surface area (Å²) < 4.78 is 7.20. The van der Waals surface area contributed by atoms with E-state index < -0.39 is 6.09 Å². The Kier molecular flexibility index (Phi) is 5.70. The molecule has 2 aliphatic rings. The van der Waals surface area contributed by atoms with Crippen LogP contribution >= 0.6 is 0 Å². The molecule has 2 saturated heterocycles. The molecular formula is C19H29N7O3. The Labute approximate surface area is 169 Å². The first-order valence-electron chi connectivity index (χ1n) is 10.4. The first-order valence-corrected chi connectivity index (χ1v) is 10.4. The molecular weight excluding hydrogens is 374 g/mol. The van der Waals surface area contributed by atoms with E-state index in [1.165, 1.54) is 4.90 Å². The van der Waals surface area contributed by atoms with Crippen LogP contribution in [-0.4, -0.2) is 74.1 Å². The minimum Gasteiger partial charge on any atom is -0.465 e. The second-order valence-electron chi connectivity index (χ2n) is 8.08. The number of carboxylic acid groups (broad SMARTS) is 1. The maximum Gasteiger partial charge on any atom is 0.407 e. The SMILES string of the molecule is CC(C)c1cnn2c(NC3CCN(C(=O)O)CC3)nc(NC3CCOCC3)nc12. The number of aromatic nitrogens is 4. The van der Waals surface area contributed by atoms with Gasteiger partial charge >= 0.3 is 6.09 Å². The lowest BCUT2D eigenvalue weighted by Gasteiger charge is -2.30. The van der Waals surface area contributed by atoms with E-state index in [-0.39, 0.29) is 6.04 Å². The van der Waals surface area contributed by atoms with Gasteiger partial charge in [0, 0.05) is 44.0 Å². The van der Waals surface area contributed by atoms with E-state index in [1.54, 1.807) is 4.52 Å². The molecule has 0 bridgehead atoms. The number of rotatable bonds is 5. The first kappa shape index (κ1) is 19.7. The number of anilines is 2. The fourth-order valence-corrected chi connectivity index (χ4v) is 3.88. The van der Waals surface area contributed by atoms with Crippen LogP contribution in [-0.2, 0) is 4.74 Å². The van der Waals surface area contributed by atoms with Gasteiger partial charge < -0.3 is 25.4 Å². The predicted octanol–water partition coefficient (Wildman–Crippen LogP) is 2.39. The van der Waals surface area contributed by atoms with Gasteiger partial charge in [0.2, 0.25) is 11.9 Å². The fourth-order valence-electron chi connectivity index (χ4n) is 3.88. The number of carbonyl (C=O) groups is 1. The van der Waals surface area contributed by atoms with E-state index in [1.807, 2.05) is 6.20 Å². The highest BCUT2D eigenvalue weighted by molar-refractivity contribution is 5.65. The molecule has 0 aromatic carbocycles. The highest BCUT2D eigenvalue weighted by Gasteiger charge is 2.24. The van der Waals surface area contributed by atoms with Gasteiger partial charge in [0.05, 0.1) is 6.20 Å². The number of hydrogen-bond donors (Lipinski definition) is 3. The fraction of sp³-hybridized carbons (Fsp3) is 0.684.